The summed E-state index contributed by atoms with van der Waals surface area (Å²) in [7, 11) is -0.304. The van der Waals surface area contributed by atoms with E-state index in [9.17, 15) is 9.18 Å². The fourth-order valence-corrected chi connectivity index (χ4v) is 2.96. The third kappa shape index (κ3) is 5.82. The molecule has 6 heteroatoms. The average molecular weight is 295 g/mol. The van der Waals surface area contributed by atoms with Crippen LogP contribution < -0.4 is 12.4 Å². The van der Waals surface area contributed by atoms with Crippen LogP contribution in [0.1, 0.15) is 10.4 Å². The van der Waals surface area contributed by atoms with Crippen LogP contribution in [0.3, 0.4) is 0 Å². The predicted molar refractivity (Wildman–Crippen MR) is 66.9 cm³/mol. The van der Waals surface area contributed by atoms with Gasteiger partial charge in [0.05, 0.1) is 13.2 Å². The van der Waals surface area contributed by atoms with E-state index in [4.69, 9.17) is 10.2 Å². The van der Waals surface area contributed by atoms with Gasteiger partial charge in [-0.15, -0.1) is 0 Å². The van der Waals surface area contributed by atoms with E-state index in [0.29, 0.717) is 22.8 Å². The number of carbonyl (C=O) groups excluding carboxylic acids is 1. The second kappa shape index (κ2) is 9.33. The van der Waals surface area contributed by atoms with Gasteiger partial charge in [0.2, 0.25) is 5.78 Å². The highest BCUT2D eigenvalue weighted by Crippen LogP contribution is 2.07. The Kier molecular flexibility index (Phi) is 9.01. The fraction of sp³-hybridized carbons (Fsp3) is 0.417. The first kappa shape index (κ1) is 17.4. The first-order chi connectivity index (χ1) is 8.17. The van der Waals surface area contributed by atoms with Gasteiger partial charge in [0, 0.05) is 16.5 Å². The molecule has 0 bridgehead atoms. The van der Waals surface area contributed by atoms with Gasteiger partial charge in [-0.3, -0.25) is 4.79 Å². The predicted octanol–water partition coefficient (Wildman–Crippen LogP) is -2.38. The molecule has 0 amide bonds. The molecule has 0 fully saturated rings. The maximum Gasteiger partial charge on any atom is 0.211 e. The van der Waals surface area contributed by atoms with Gasteiger partial charge in [0.25, 0.3) is 0 Å². The minimum absolute atomic E-state index is 0. The third-order valence-corrected chi connectivity index (χ3v) is 4.45. The molecule has 2 N–H and O–H groups in total. The lowest BCUT2D eigenvalue weighted by Gasteiger charge is -2.05. The molecule has 0 radical (unpaired) electrons. The second-order valence-electron chi connectivity index (χ2n) is 3.54. The molecule has 0 aliphatic carbocycles. The number of ketones is 1. The molecule has 0 saturated heterocycles. The zero-order chi connectivity index (χ0) is 12.7. The van der Waals surface area contributed by atoms with Gasteiger partial charge in [-0.25, -0.2) is 4.39 Å². The topological polar surface area (TPSA) is 57.5 Å². The Labute approximate surface area is 115 Å². The van der Waals surface area contributed by atoms with Crippen molar-refractivity contribution in [3.63, 3.8) is 0 Å². The van der Waals surface area contributed by atoms with Crippen LogP contribution in [-0.2, 0) is 10.9 Å². The Morgan fingerprint density at radius 1 is 1.11 bits per heavy atom. The van der Waals surface area contributed by atoms with E-state index in [1.165, 1.54) is 24.3 Å². The highest BCUT2D eigenvalue weighted by molar-refractivity contribution is 7.97. The summed E-state index contributed by atoms with van der Waals surface area (Å²) < 4.78 is 12.7. The van der Waals surface area contributed by atoms with Crippen LogP contribution in [0.2, 0.25) is 0 Å². The lowest BCUT2D eigenvalue weighted by Crippen LogP contribution is -3.00. The first-order valence-corrected chi connectivity index (χ1v) is 7.05. The van der Waals surface area contributed by atoms with Crippen LogP contribution in [0.4, 0.5) is 4.39 Å². The summed E-state index contributed by atoms with van der Waals surface area (Å²) in [6.45, 7) is 0.0274. The molecule has 0 heterocycles. The summed E-state index contributed by atoms with van der Waals surface area (Å²) in [4.78, 5) is 11.8. The zero-order valence-electron chi connectivity index (χ0n) is 9.81. The Morgan fingerprint density at radius 3 is 2.06 bits per heavy atom. The van der Waals surface area contributed by atoms with E-state index in [1.54, 1.807) is 0 Å². The van der Waals surface area contributed by atoms with E-state index < -0.39 is 0 Å². The summed E-state index contributed by atoms with van der Waals surface area (Å²) >= 11 is 0. The second-order valence-corrected chi connectivity index (χ2v) is 5.87. The largest absolute Gasteiger partial charge is 1.00 e. The monoisotopic (exact) mass is 294 g/mol. The highest BCUT2D eigenvalue weighted by atomic mass is 35.5. The van der Waals surface area contributed by atoms with E-state index in [2.05, 4.69) is 0 Å². The lowest BCUT2D eigenvalue weighted by atomic mass is 10.1. The molecule has 0 unspecified atom stereocenters. The molecule has 1 rings (SSSR count). The van der Waals surface area contributed by atoms with Crippen molar-refractivity contribution < 1.29 is 31.8 Å². The molecule has 0 aromatic heterocycles. The first-order valence-electron chi connectivity index (χ1n) is 5.32. The van der Waals surface area contributed by atoms with Crippen molar-refractivity contribution in [1.29, 1.82) is 0 Å². The number of halogens is 2. The summed E-state index contributed by atoms with van der Waals surface area (Å²) in [5.74, 6) is 0.898. The van der Waals surface area contributed by atoms with Crippen molar-refractivity contribution in [2.24, 2.45) is 0 Å². The van der Waals surface area contributed by atoms with E-state index >= 15 is 0 Å². The molecule has 0 spiro atoms. The Balaban J connectivity index is 0.00000289. The number of hydrogen-bond donors (Lipinski definition) is 2. The summed E-state index contributed by atoms with van der Waals surface area (Å²) in [5.41, 5.74) is 0.472. The third-order valence-electron chi connectivity index (χ3n) is 2.26. The molecule has 0 atom stereocenters. The van der Waals surface area contributed by atoms with Gasteiger partial charge < -0.3 is 22.6 Å². The smallest absolute Gasteiger partial charge is 0.211 e. The standard InChI is InChI=1S/C12H16FO3S.ClH/c13-11-3-1-10(2-4-11)12(16)9-17(7-5-14)8-6-15;/h1-4,14-15H,5-9H2;1H/q+1;/p-1. The number of benzene rings is 1. The van der Waals surface area contributed by atoms with Crippen LogP contribution in [0.5, 0.6) is 0 Å². The summed E-state index contributed by atoms with van der Waals surface area (Å²) in [6.07, 6.45) is 0. The number of rotatable bonds is 7. The maximum absolute atomic E-state index is 12.7. The molecule has 102 valence electrons. The van der Waals surface area contributed by atoms with Crippen LogP contribution in [0.25, 0.3) is 0 Å². The van der Waals surface area contributed by atoms with Crippen molar-refractivity contribution in [3.05, 3.63) is 35.6 Å². The number of hydrogen-bond acceptors (Lipinski definition) is 3. The van der Waals surface area contributed by atoms with E-state index in [0.717, 1.165) is 0 Å². The lowest BCUT2D eigenvalue weighted by molar-refractivity contribution is -0.0000143. The SMILES string of the molecule is O=C(C[S+](CCO)CCO)c1ccc(F)cc1.[Cl-]. The van der Waals surface area contributed by atoms with Gasteiger partial charge in [0.1, 0.15) is 17.3 Å². The molecule has 1 aromatic carbocycles. The highest BCUT2D eigenvalue weighted by Gasteiger charge is 2.22. The number of aliphatic hydroxyl groups is 2. The molecular formula is C12H16ClFO3S. The summed E-state index contributed by atoms with van der Waals surface area (Å²) in [6, 6.07) is 5.42. The Morgan fingerprint density at radius 2 is 1.61 bits per heavy atom. The molecular weight excluding hydrogens is 279 g/mol. The normalized spacial score (nSPS) is 10.2. The van der Waals surface area contributed by atoms with Crippen molar-refractivity contribution in [2.75, 3.05) is 30.5 Å². The minimum Gasteiger partial charge on any atom is -1.00 e. The van der Waals surface area contributed by atoms with E-state index in [1.807, 2.05) is 0 Å². The maximum atomic E-state index is 12.7. The summed E-state index contributed by atoms with van der Waals surface area (Å²) in [5, 5.41) is 17.7. The van der Waals surface area contributed by atoms with Crippen molar-refractivity contribution in [3.8, 4) is 0 Å². The number of Topliss-reactive ketones (excluding diaryl/α,β-unsaturated/α-hetero) is 1. The van der Waals surface area contributed by atoms with Gasteiger partial charge in [-0.1, -0.05) is 0 Å². The fourth-order valence-electron chi connectivity index (χ4n) is 1.41. The molecule has 18 heavy (non-hydrogen) atoms. The number of aliphatic hydroxyl groups excluding tert-OH is 2. The quantitative estimate of drug-likeness (QED) is 0.436. The van der Waals surface area contributed by atoms with Crippen molar-refractivity contribution in [2.45, 2.75) is 0 Å². The van der Waals surface area contributed by atoms with Crippen LogP contribution in [-0.4, -0.2) is 46.5 Å². The average Bonchev–Trinajstić information content (AvgIpc) is 2.30. The Bertz CT molecular complexity index is 353. The van der Waals surface area contributed by atoms with E-state index in [-0.39, 0.29) is 48.1 Å². The molecule has 0 saturated carbocycles. The minimum atomic E-state index is -0.369. The Hall–Kier alpha value is -0.620. The van der Waals surface area contributed by atoms with Gasteiger partial charge in [-0.2, -0.15) is 0 Å². The van der Waals surface area contributed by atoms with Crippen LogP contribution in [0, 0.1) is 5.82 Å². The molecule has 0 aliphatic rings. The van der Waals surface area contributed by atoms with Crippen molar-refractivity contribution >= 4 is 16.7 Å². The van der Waals surface area contributed by atoms with Gasteiger partial charge in [0.15, 0.2) is 5.75 Å². The zero-order valence-corrected chi connectivity index (χ0v) is 11.4. The van der Waals surface area contributed by atoms with Gasteiger partial charge >= 0.3 is 0 Å². The molecule has 3 nitrogen and oxygen atoms in total. The van der Waals surface area contributed by atoms with Crippen LogP contribution >= 0.6 is 0 Å². The molecule has 1 aromatic rings. The van der Waals surface area contributed by atoms with Gasteiger partial charge in [-0.05, 0) is 24.3 Å². The molecule has 0 aliphatic heterocycles. The van der Waals surface area contributed by atoms with Crippen molar-refractivity contribution in [1.82, 2.24) is 0 Å². The number of carbonyl (C=O) groups is 1. The van der Waals surface area contributed by atoms with Crippen LogP contribution in [0.15, 0.2) is 24.3 Å².